The predicted molar refractivity (Wildman–Crippen MR) is 115 cm³/mol. The molecule has 0 aliphatic heterocycles. The van der Waals surface area contributed by atoms with E-state index in [9.17, 15) is 9.59 Å². The summed E-state index contributed by atoms with van der Waals surface area (Å²) in [6, 6.07) is 12.6. The van der Waals surface area contributed by atoms with Crippen LogP contribution >= 0.6 is 0 Å². The Kier molecular flexibility index (Phi) is 6.07. The number of nitrogens with zero attached hydrogens (tertiary/aromatic N) is 2. The first kappa shape index (κ1) is 20.3. The number of aryl methyl sites for hydroxylation is 1. The Hall–Kier alpha value is -3.94. The number of carbonyl (C=O) groups is 2. The van der Waals surface area contributed by atoms with Crippen molar-refractivity contribution in [1.29, 1.82) is 0 Å². The average molecular weight is 418 g/mol. The summed E-state index contributed by atoms with van der Waals surface area (Å²) >= 11 is 0. The molecule has 1 aliphatic rings. The van der Waals surface area contributed by atoms with Crippen molar-refractivity contribution in [2.45, 2.75) is 26.2 Å². The van der Waals surface area contributed by atoms with Crippen molar-refractivity contribution >= 4 is 23.2 Å². The highest BCUT2D eigenvalue weighted by molar-refractivity contribution is 6.09. The SMILES string of the molecule is Cc1c(C(=O)Nc2cccnc2)oc2c1/C(=N/NC(=O)COc1ccccc1)CCC2. The van der Waals surface area contributed by atoms with Gasteiger partial charge in [-0.15, -0.1) is 0 Å². The van der Waals surface area contributed by atoms with Crippen LogP contribution in [0.3, 0.4) is 0 Å². The van der Waals surface area contributed by atoms with Gasteiger partial charge in [-0.3, -0.25) is 14.6 Å². The monoisotopic (exact) mass is 418 g/mol. The molecular weight excluding hydrogens is 396 g/mol. The van der Waals surface area contributed by atoms with E-state index in [1.807, 2.05) is 25.1 Å². The number of fused-ring (bicyclic) bond motifs is 1. The maximum atomic E-state index is 12.7. The summed E-state index contributed by atoms with van der Waals surface area (Å²) in [6.45, 7) is 1.68. The van der Waals surface area contributed by atoms with Gasteiger partial charge in [0.05, 0.1) is 17.6 Å². The van der Waals surface area contributed by atoms with Gasteiger partial charge in [0.2, 0.25) is 0 Å². The second-order valence-corrected chi connectivity index (χ2v) is 7.10. The van der Waals surface area contributed by atoms with E-state index in [1.54, 1.807) is 36.7 Å². The molecule has 0 bridgehead atoms. The van der Waals surface area contributed by atoms with E-state index in [4.69, 9.17) is 9.15 Å². The second kappa shape index (κ2) is 9.25. The van der Waals surface area contributed by atoms with Gasteiger partial charge in [-0.25, -0.2) is 5.43 Å². The van der Waals surface area contributed by atoms with Gasteiger partial charge >= 0.3 is 0 Å². The predicted octanol–water partition coefficient (Wildman–Crippen LogP) is 3.47. The third kappa shape index (κ3) is 4.80. The zero-order valence-corrected chi connectivity index (χ0v) is 17.1. The molecule has 8 heteroatoms. The van der Waals surface area contributed by atoms with Crippen LogP contribution in [0.4, 0.5) is 5.69 Å². The fourth-order valence-corrected chi connectivity index (χ4v) is 3.45. The summed E-state index contributed by atoms with van der Waals surface area (Å²) in [5, 5.41) is 7.07. The van der Waals surface area contributed by atoms with Crippen LogP contribution in [0.1, 0.15) is 40.3 Å². The van der Waals surface area contributed by atoms with E-state index >= 15 is 0 Å². The minimum atomic E-state index is -0.362. The largest absolute Gasteiger partial charge is 0.484 e. The maximum Gasteiger partial charge on any atom is 0.291 e. The van der Waals surface area contributed by atoms with Crippen molar-refractivity contribution in [3.05, 3.63) is 77.5 Å². The molecule has 0 atom stereocenters. The number of hydrazone groups is 1. The number of ether oxygens (including phenoxy) is 1. The Balaban J connectivity index is 1.46. The van der Waals surface area contributed by atoms with E-state index in [0.717, 1.165) is 12.0 Å². The van der Waals surface area contributed by atoms with Crippen molar-refractivity contribution in [3.63, 3.8) is 0 Å². The topological polar surface area (TPSA) is 106 Å². The van der Waals surface area contributed by atoms with Crippen molar-refractivity contribution in [1.82, 2.24) is 10.4 Å². The lowest BCUT2D eigenvalue weighted by Gasteiger charge is -2.13. The van der Waals surface area contributed by atoms with Gasteiger partial charge < -0.3 is 14.5 Å². The van der Waals surface area contributed by atoms with Crippen LogP contribution in [-0.2, 0) is 11.2 Å². The van der Waals surface area contributed by atoms with Crippen LogP contribution in [0.5, 0.6) is 5.75 Å². The van der Waals surface area contributed by atoms with Gasteiger partial charge in [-0.2, -0.15) is 5.10 Å². The number of carbonyl (C=O) groups excluding carboxylic acids is 2. The Labute approximate surface area is 179 Å². The molecule has 0 fully saturated rings. The second-order valence-electron chi connectivity index (χ2n) is 7.10. The lowest BCUT2D eigenvalue weighted by molar-refractivity contribution is -0.123. The number of hydrogen-bond donors (Lipinski definition) is 2. The fraction of sp³-hybridized carbons (Fsp3) is 0.217. The number of amides is 2. The smallest absolute Gasteiger partial charge is 0.291 e. The molecule has 4 rings (SSSR count). The number of pyridine rings is 1. The highest BCUT2D eigenvalue weighted by atomic mass is 16.5. The average Bonchev–Trinajstić information content (AvgIpc) is 3.15. The Morgan fingerprint density at radius 2 is 2.00 bits per heavy atom. The molecule has 0 saturated heterocycles. The van der Waals surface area contributed by atoms with E-state index in [-0.39, 0.29) is 24.2 Å². The Morgan fingerprint density at radius 1 is 1.16 bits per heavy atom. The van der Waals surface area contributed by atoms with Gasteiger partial charge in [0.25, 0.3) is 11.8 Å². The molecule has 0 spiro atoms. The van der Waals surface area contributed by atoms with Gasteiger partial charge in [-0.05, 0) is 44.0 Å². The van der Waals surface area contributed by atoms with Crippen LogP contribution in [0.25, 0.3) is 0 Å². The summed E-state index contributed by atoms with van der Waals surface area (Å²) in [6.07, 6.45) is 5.40. The normalized spacial score (nSPS) is 14.0. The zero-order chi connectivity index (χ0) is 21.6. The number of anilines is 1. The molecular formula is C23H22N4O4. The molecule has 2 N–H and O–H groups in total. The standard InChI is InChI=1S/C23H22N4O4/c1-15-21-18(26-27-20(28)14-30-17-8-3-2-4-9-17)10-5-11-19(21)31-22(15)23(29)25-16-7-6-12-24-13-16/h2-4,6-9,12-13H,5,10-11,14H2,1H3,(H,25,29)(H,27,28)/b26-18+. The van der Waals surface area contributed by atoms with E-state index in [2.05, 4.69) is 20.8 Å². The third-order valence-corrected chi connectivity index (χ3v) is 4.88. The molecule has 0 saturated carbocycles. The first-order valence-electron chi connectivity index (χ1n) is 9.99. The summed E-state index contributed by atoms with van der Waals surface area (Å²) in [4.78, 5) is 28.8. The molecule has 8 nitrogen and oxygen atoms in total. The highest BCUT2D eigenvalue weighted by Crippen LogP contribution is 2.30. The molecule has 3 aromatic rings. The first-order valence-corrected chi connectivity index (χ1v) is 9.99. The summed E-state index contributed by atoms with van der Waals surface area (Å²) < 4.78 is 11.3. The van der Waals surface area contributed by atoms with Crippen LogP contribution in [-0.4, -0.2) is 29.1 Å². The lowest BCUT2D eigenvalue weighted by atomic mass is 9.93. The third-order valence-electron chi connectivity index (χ3n) is 4.88. The Bertz CT molecular complexity index is 1110. The van der Waals surface area contributed by atoms with Crippen LogP contribution in [0, 0.1) is 6.92 Å². The summed E-state index contributed by atoms with van der Waals surface area (Å²) in [5.41, 5.74) is 5.30. The first-order chi connectivity index (χ1) is 15.1. The minimum Gasteiger partial charge on any atom is -0.484 e. The van der Waals surface area contributed by atoms with Gasteiger partial charge in [-0.1, -0.05) is 18.2 Å². The van der Waals surface area contributed by atoms with Crippen LogP contribution < -0.4 is 15.5 Å². The zero-order valence-electron chi connectivity index (χ0n) is 17.1. The molecule has 2 aromatic heterocycles. The number of hydrogen-bond acceptors (Lipinski definition) is 6. The summed E-state index contributed by atoms with van der Waals surface area (Å²) in [5.74, 6) is 0.842. The van der Waals surface area contributed by atoms with Crippen LogP contribution in [0.15, 0.2) is 64.4 Å². The lowest BCUT2D eigenvalue weighted by Crippen LogP contribution is -2.27. The van der Waals surface area contributed by atoms with Crippen molar-refractivity contribution in [3.8, 4) is 5.75 Å². The number of benzene rings is 1. The molecule has 1 aromatic carbocycles. The number of furan rings is 1. The van der Waals surface area contributed by atoms with E-state index in [0.29, 0.717) is 41.3 Å². The van der Waals surface area contributed by atoms with Crippen molar-refractivity contribution in [2.24, 2.45) is 5.10 Å². The molecule has 2 amide bonds. The van der Waals surface area contributed by atoms with Gasteiger partial charge in [0.1, 0.15) is 11.5 Å². The van der Waals surface area contributed by atoms with Crippen molar-refractivity contribution < 1.29 is 18.7 Å². The van der Waals surface area contributed by atoms with E-state index in [1.165, 1.54) is 0 Å². The van der Waals surface area contributed by atoms with Gasteiger partial charge in [0, 0.05) is 23.7 Å². The number of para-hydroxylation sites is 1. The maximum absolute atomic E-state index is 12.7. The Morgan fingerprint density at radius 3 is 2.77 bits per heavy atom. The van der Waals surface area contributed by atoms with Gasteiger partial charge in [0.15, 0.2) is 12.4 Å². The van der Waals surface area contributed by atoms with Crippen LogP contribution in [0.2, 0.25) is 0 Å². The highest BCUT2D eigenvalue weighted by Gasteiger charge is 2.28. The fourth-order valence-electron chi connectivity index (χ4n) is 3.45. The summed E-state index contributed by atoms with van der Waals surface area (Å²) in [7, 11) is 0. The molecule has 1 aliphatic carbocycles. The number of nitrogens with one attached hydrogen (secondary N) is 2. The van der Waals surface area contributed by atoms with E-state index < -0.39 is 0 Å². The molecule has 31 heavy (non-hydrogen) atoms. The molecule has 0 unspecified atom stereocenters. The molecule has 2 heterocycles. The number of rotatable bonds is 6. The molecule has 0 radical (unpaired) electrons. The van der Waals surface area contributed by atoms with Crippen molar-refractivity contribution in [2.75, 3.05) is 11.9 Å². The number of aromatic nitrogens is 1. The minimum absolute atomic E-state index is 0.142. The molecule has 158 valence electrons. The quantitative estimate of drug-likeness (QED) is 0.596.